The molecule has 0 saturated carbocycles. The van der Waals surface area contributed by atoms with Crippen molar-refractivity contribution < 1.29 is 4.74 Å². The second-order valence-corrected chi connectivity index (χ2v) is 8.20. The molecule has 0 aliphatic heterocycles. The maximum Gasteiger partial charge on any atom is 0.119 e. The molecule has 0 heterocycles. The highest BCUT2D eigenvalue weighted by Crippen LogP contribution is 2.36. The molecule has 2 aromatic carbocycles. The SMILES string of the molecule is CC(C)(C)CC(C)(C)c1ccc(OCc2ccccc2C#N)cc1. The molecular formula is C22H27NO. The topological polar surface area (TPSA) is 33.0 Å². The average Bonchev–Trinajstić information content (AvgIpc) is 2.51. The van der Waals surface area contributed by atoms with Gasteiger partial charge in [0, 0.05) is 5.56 Å². The van der Waals surface area contributed by atoms with Crippen molar-refractivity contribution in [2.75, 3.05) is 0 Å². The second kappa shape index (κ2) is 7.09. The Bertz CT molecular complexity index is 715. The highest BCUT2D eigenvalue weighted by Gasteiger charge is 2.27. The Morgan fingerprint density at radius 1 is 0.917 bits per heavy atom. The van der Waals surface area contributed by atoms with Gasteiger partial charge < -0.3 is 4.74 Å². The first-order valence-electron chi connectivity index (χ1n) is 8.43. The van der Waals surface area contributed by atoms with Gasteiger partial charge in [-0.1, -0.05) is 65.0 Å². The van der Waals surface area contributed by atoms with Crippen LogP contribution in [-0.4, -0.2) is 0 Å². The fourth-order valence-corrected chi connectivity index (χ4v) is 3.35. The van der Waals surface area contributed by atoms with E-state index >= 15 is 0 Å². The van der Waals surface area contributed by atoms with E-state index in [2.05, 4.69) is 52.8 Å². The van der Waals surface area contributed by atoms with E-state index < -0.39 is 0 Å². The predicted molar refractivity (Wildman–Crippen MR) is 99.0 cm³/mol. The van der Waals surface area contributed by atoms with Crippen molar-refractivity contribution in [2.45, 2.75) is 53.1 Å². The van der Waals surface area contributed by atoms with E-state index in [4.69, 9.17) is 10.00 Å². The normalized spacial score (nSPS) is 11.8. The van der Waals surface area contributed by atoms with Crippen molar-refractivity contribution in [3.05, 3.63) is 65.2 Å². The van der Waals surface area contributed by atoms with E-state index in [0.717, 1.165) is 17.7 Å². The standard InChI is InChI=1S/C22H27NO/c1-21(2,3)16-22(4,5)19-10-12-20(13-11-19)24-15-18-9-7-6-8-17(18)14-23/h6-13H,15-16H2,1-5H3. The summed E-state index contributed by atoms with van der Waals surface area (Å²) in [7, 11) is 0. The molecule has 0 amide bonds. The van der Waals surface area contributed by atoms with Crippen LogP contribution in [0.25, 0.3) is 0 Å². The van der Waals surface area contributed by atoms with Gasteiger partial charge in [0.2, 0.25) is 0 Å². The van der Waals surface area contributed by atoms with Gasteiger partial charge >= 0.3 is 0 Å². The minimum atomic E-state index is 0.129. The lowest BCUT2D eigenvalue weighted by atomic mass is 9.72. The lowest BCUT2D eigenvalue weighted by Crippen LogP contribution is -2.24. The fraction of sp³-hybridized carbons (Fsp3) is 0.409. The van der Waals surface area contributed by atoms with Gasteiger partial charge in [0.15, 0.2) is 0 Å². The molecule has 0 spiro atoms. The summed E-state index contributed by atoms with van der Waals surface area (Å²) in [6.45, 7) is 11.8. The number of ether oxygens (including phenoxy) is 1. The van der Waals surface area contributed by atoms with Crippen LogP contribution in [0.15, 0.2) is 48.5 Å². The minimum absolute atomic E-state index is 0.129. The van der Waals surface area contributed by atoms with Crippen LogP contribution < -0.4 is 4.74 Å². The molecule has 2 rings (SSSR count). The number of nitrogens with zero attached hydrogens (tertiary/aromatic N) is 1. The molecule has 0 saturated heterocycles. The molecule has 0 aromatic heterocycles. The van der Waals surface area contributed by atoms with Crippen LogP contribution >= 0.6 is 0 Å². The van der Waals surface area contributed by atoms with E-state index in [9.17, 15) is 0 Å². The molecular weight excluding hydrogens is 294 g/mol. The van der Waals surface area contributed by atoms with Crippen molar-refractivity contribution in [3.8, 4) is 11.8 Å². The molecule has 0 aliphatic carbocycles. The molecule has 0 N–H and O–H groups in total. The molecule has 0 aliphatic rings. The van der Waals surface area contributed by atoms with Gasteiger partial charge in [-0.15, -0.1) is 0 Å². The summed E-state index contributed by atoms with van der Waals surface area (Å²) in [4.78, 5) is 0. The summed E-state index contributed by atoms with van der Waals surface area (Å²) < 4.78 is 5.85. The third-order valence-corrected chi connectivity index (χ3v) is 4.14. The first-order chi connectivity index (χ1) is 11.2. The van der Waals surface area contributed by atoms with Crippen LogP contribution in [0.5, 0.6) is 5.75 Å². The lowest BCUT2D eigenvalue weighted by molar-refractivity contribution is 0.283. The molecule has 0 atom stereocenters. The van der Waals surface area contributed by atoms with Gasteiger partial charge in [0.1, 0.15) is 12.4 Å². The Morgan fingerprint density at radius 3 is 2.12 bits per heavy atom. The third-order valence-electron chi connectivity index (χ3n) is 4.14. The van der Waals surface area contributed by atoms with Crippen LogP contribution in [0.2, 0.25) is 0 Å². The average molecular weight is 321 g/mol. The van der Waals surface area contributed by atoms with E-state index in [1.807, 2.05) is 36.4 Å². The summed E-state index contributed by atoms with van der Waals surface area (Å²) >= 11 is 0. The number of rotatable bonds is 5. The van der Waals surface area contributed by atoms with Crippen molar-refractivity contribution >= 4 is 0 Å². The smallest absolute Gasteiger partial charge is 0.119 e. The predicted octanol–water partition coefficient (Wildman–Crippen LogP) is 5.85. The molecule has 0 fully saturated rings. The zero-order valence-electron chi connectivity index (χ0n) is 15.4. The van der Waals surface area contributed by atoms with Gasteiger partial charge in [-0.2, -0.15) is 5.26 Å². The molecule has 24 heavy (non-hydrogen) atoms. The fourth-order valence-electron chi connectivity index (χ4n) is 3.35. The Morgan fingerprint density at radius 2 is 1.54 bits per heavy atom. The van der Waals surface area contributed by atoms with Crippen LogP contribution in [0.1, 0.15) is 57.7 Å². The van der Waals surface area contributed by atoms with Crippen molar-refractivity contribution in [1.29, 1.82) is 5.26 Å². The zero-order chi connectivity index (χ0) is 17.8. The largest absolute Gasteiger partial charge is 0.489 e. The Hall–Kier alpha value is -2.27. The van der Waals surface area contributed by atoms with Crippen LogP contribution in [0.3, 0.4) is 0 Å². The zero-order valence-corrected chi connectivity index (χ0v) is 15.4. The van der Waals surface area contributed by atoms with Gasteiger partial charge in [-0.3, -0.25) is 0 Å². The van der Waals surface area contributed by atoms with Crippen molar-refractivity contribution in [3.63, 3.8) is 0 Å². The Balaban J connectivity index is 2.06. The van der Waals surface area contributed by atoms with Crippen molar-refractivity contribution in [2.24, 2.45) is 5.41 Å². The Labute approximate surface area is 146 Å². The number of nitriles is 1. The number of hydrogen-bond donors (Lipinski definition) is 0. The van der Waals surface area contributed by atoms with Crippen molar-refractivity contribution in [1.82, 2.24) is 0 Å². The lowest BCUT2D eigenvalue weighted by Gasteiger charge is -2.33. The molecule has 0 radical (unpaired) electrons. The molecule has 0 unspecified atom stereocenters. The summed E-state index contributed by atoms with van der Waals surface area (Å²) in [5.41, 5.74) is 3.32. The summed E-state index contributed by atoms with van der Waals surface area (Å²) in [6, 6.07) is 18.1. The van der Waals surface area contributed by atoms with E-state index in [0.29, 0.717) is 17.6 Å². The summed E-state index contributed by atoms with van der Waals surface area (Å²) in [6.07, 6.45) is 1.12. The van der Waals surface area contributed by atoms with Gasteiger partial charge in [-0.25, -0.2) is 0 Å². The van der Waals surface area contributed by atoms with E-state index in [-0.39, 0.29) is 5.41 Å². The highest BCUT2D eigenvalue weighted by atomic mass is 16.5. The minimum Gasteiger partial charge on any atom is -0.489 e. The van der Waals surface area contributed by atoms with Gasteiger partial charge in [0.05, 0.1) is 11.6 Å². The monoisotopic (exact) mass is 321 g/mol. The van der Waals surface area contributed by atoms with E-state index in [1.54, 1.807) is 0 Å². The number of hydrogen-bond acceptors (Lipinski definition) is 2. The quantitative estimate of drug-likeness (QED) is 0.692. The highest BCUT2D eigenvalue weighted by molar-refractivity contribution is 5.37. The molecule has 0 bridgehead atoms. The van der Waals surface area contributed by atoms with Crippen LogP contribution in [0, 0.1) is 16.7 Å². The summed E-state index contributed by atoms with van der Waals surface area (Å²) in [5, 5.41) is 9.13. The van der Waals surface area contributed by atoms with Gasteiger partial charge in [-0.05, 0) is 41.0 Å². The number of benzene rings is 2. The first kappa shape index (κ1) is 18.1. The molecule has 2 aromatic rings. The maximum absolute atomic E-state index is 9.13. The van der Waals surface area contributed by atoms with E-state index in [1.165, 1.54) is 5.56 Å². The maximum atomic E-state index is 9.13. The first-order valence-corrected chi connectivity index (χ1v) is 8.43. The third kappa shape index (κ3) is 4.86. The van der Waals surface area contributed by atoms with Crippen LogP contribution in [0.4, 0.5) is 0 Å². The second-order valence-electron chi connectivity index (χ2n) is 8.20. The van der Waals surface area contributed by atoms with Crippen LogP contribution in [-0.2, 0) is 12.0 Å². The molecule has 2 nitrogen and oxygen atoms in total. The van der Waals surface area contributed by atoms with Gasteiger partial charge in [0.25, 0.3) is 0 Å². The molecule has 2 heteroatoms. The summed E-state index contributed by atoms with van der Waals surface area (Å²) in [5.74, 6) is 0.832. The Kier molecular flexibility index (Phi) is 5.34. The molecule has 126 valence electrons.